The molecule has 0 aliphatic heterocycles. The first-order valence-electron chi connectivity index (χ1n) is 6.83. The van der Waals surface area contributed by atoms with Gasteiger partial charge in [0.15, 0.2) is 5.78 Å². The number of halogens is 1. The number of anilines is 1. The van der Waals surface area contributed by atoms with Crippen LogP contribution in [0.5, 0.6) is 0 Å². The average Bonchev–Trinajstić information content (AvgIpc) is 2.45. The van der Waals surface area contributed by atoms with E-state index in [1.807, 2.05) is 12.1 Å². The van der Waals surface area contributed by atoms with Crippen LogP contribution in [0.15, 0.2) is 18.2 Å². The Balaban J connectivity index is 0.00000220. The Morgan fingerprint density at radius 1 is 1.43 bits per heavy atom. The van der Waals surface area contributed by atoms with Gasteiger partial charge in [-0.05, 0) is 30.5 Å². The number of methoxy groups -OCH3 is 1. The summed E-state index contributed by atoms with van der Waals surface area (Å²) in [5, 5.41) is 2.78. The van der Waals surface area contributed by atoms with Gasteiger partial charge in [0.2, 0.25) is 5.91 Å². The number of carbonyl (C=O) groups is 2. The van der Waals surface area contributed by atoms with Gasteiger partial charge in [0.25, 0.3) is 0 Å². The highest BCUT2D eigenvalue weighted by Crippen LogP contribution is 2.24. The Morgan fingerprint density at radius 2 is 2.19 bits per heavy atom. The molecule has 6 heteroatoms. The molecule has 1 unspecified atom stereocenters. The maximum atomic E-state index is 11.9. The molecule has 0 saturated carbocycles. The number of hydrogen-bond donors (Lipinski definition) is 2. The monoisotopic (exact) mass is 312 g/mol. The number of hydrogen-bond acceptors (Lipinski definition) is 4. The van der Waals surface area contributed by atoms with Crippen LogP contribution in [0, 0.1) is 0 Å². The minimum absolute atomic E-state index is 0. The van der Waals surface area contributed by atoms with Gasteiger partial charge in [0.05, 0.1) is 12.5 Å². The third-order valence-corrected chi connectivity index (χ3v) is 3.55. The molecular formula is C15H21ClN2O3. The number of Topliss-reactive ketones (excluding diaryl/α,β-unsaturated/α-hetero) is 1. The van der Waals surface area contributed by atoms with Crippen molar-refractivity contribution in [2.24, 2.45) is 5.73 Å². The molecule has 0 spiro atoms. The Hall–Kier alpha value is -1.43. The summed E-state index contributed by atoms with van der Waals surface area (Å²) in [5.74, 6) is -0.00964. The van der Waals surface area contributed by atoms with E-state index in [2.05, 4.69) is 5.32 Å². The third kappa shape index (κ3) is 4.52. The first-order chi connectivity index (χ1) is 9.63. The van der Waals surface area contributed by atoms with Gasteiger partial charge in [-0.25, -0.2) is 0 Å². The molecule has 5 nitrogen and oxygen atoms in total. The summed E-state index contributed by atoms with van der Waals surface area (Å²) in [4.78, 5) is 23.7. The number of amides is 1. The molecule has 1 atom stereocenters. The van der Waals surface area contributed by atoms with Crippen LogP contribution in [0.3, 0.4) is 0 Å². The first-order valence-corrected chi connectivity index (χ1v) is 6.83. The molecule has 0 bridgehead atoms. The van der Waals surface area contributed by atoms with Gasteiger partial charge in [0.1, 0.15) is 0 Å². The number of fused-ring (bicyclic) bond motifs is 1. The molecule has 1 aromatic rings. The molecule has 2 rings (SSSR count). The summed E-state index contributed by atoms with van der Waals surface area (Å²) in [5.41, 5.74) is 7.93. The molecule has 1 aliphatic rings. The number of benzene rings is 1. The summed E-state index contributed by atoms with van der Waals surface area (Å²) in [7, 11) is 1.53. The first kappa shape index (κ1) is 17.6. The van der Waals surface area contributed by atoms with Crippen molar-refractivity contribution in [2.75, 3.05) is 19.0 Å². The zero-order valence-electron chi connectivity index (χ0n) is 12.1. The van der Waals surface area contributed by atoms with Gasteiger partial charge >= 0.3 is 0 Å². The smallest absolute Gasteiger partial charge is 0.227 e. The van der Waals surface area contributed by atoms with Crippen LogP contribution >= 0.6 is 12.4 Å². The highest BCUT2D eigenvalue weighted by molar-refractivity contribution is 6.00. The number of nitrogens with one attached hydrogen (secondary N) is 1. The second-order valence-corrected chi connectivity index (χ2v) is 4.99. The van der Waals surface area contributed by atoms with Crippen LogP contribution in [-0.4, -0.2) is 31.4 Å². The van der Waals surface area contributed by atoms with Crippen molar-refractivity contribution in [2.45, 2.75) is 31.8 Å². The topological polar surface area (TPSA) is 81.4 Å². The lowest BCUT2D eigenvalue weighted by Gasteiger charge is -2.17. The zero-order valence-corrected chi connectivity index (χ0v) is 12.9. The summed E-state index contributed by atoms with van der Waals surface area (Å²) in [6, 6.07) is 5.51. The zero-order chi connectivity index (χ0) is 14.5. The highest BCUT2D eigenvalue weighted by Gasteiger charge is 2.18. The van der Waals surface area contributed by atoms with Gasteiger partial charge in [-0.3, -0.25) is 9.59 Å². The maximum absolute atomic E-state index is 11.9. The standard InChI is InChI=1S/C15H20N2O3.ClH/c1-20-12(9-16)8-15(19)17-11-6-5-10-3-2-4-14(18)13(10)7-11;/h5-7,12H,2-4,8-9,16H2,1H3,(H,17,19);1H. The predicted molar refractivity (Wildman–Crippen MR) is 84.1 cm³/mol. The fourth-order valence-corrected chi connectivity index (χ4v) is 2.39. The summed E-state index contributed by atoms with van der Waals surface area (Å²) >= 11 is 0. The van der Waals surface area contributed by atoms with Gasteiger partial charge in [-0.1, -0.05) is 6.07 Å². The minimum atomic E-state index is -0.283. The normalized spacial score (nSPS) is 14.9. The summed E-state index contributed by atoms with van der Waals surface area (Å²) in [6.45, 7) is 0.298. The van der Waals surface area contributed by atoms with Crippen molar-refractivity contribution in [3.8, 4) is 0 Å². The van der Waals surface area contributed by atoms with Crippen molar-refractivity contribution in [1.29, 1.82) is 0 Å². The highest BCUT2D eigenvalue weighted by atomic mass is 35.5. The molecule has 1 aromatic carbocycles. The number of aryl methyl sites for hydroxylation is 1. The van der Waals surface area contributed by atoms with Gasteiger partial charge in [-0.2, -0.15) is 0 Å². The van der Waals surface area contributed by atoms with Gasteiger partial charge < -0.3 is 15.8 Å². The molecule has 0 radical (unpaired) electrons. The molecule has 3 N–H and O–H groups in total. The van der Waals surface area contributed by atoms with E-state index in [0.717, 1.165) is 24.0 Å². The van der Waals surface area contributed by atoms with E-state index in [4.69, 9.17) is 10.5 Å². The largest absolute Gasteiger partial charge is 0.380 e. The maximum Gasteiger partial charge on any atom is 0.227 e. The van der Waals surface area contributed by atoms with Crippen molar-refractivity contribution in [3.05, 3.63) is 29.3 Å². The molecular weight excluding hydrogens is 292 g/mol. The lowest BCUT2D eigenvalue weighted by atomic mass is 9.90. The molecule has 21 heavy (non-hydrogen) atoms. The second-order valence-electron chi connectivity index (χ2n) is 4.99. The number of rotatable bonds is 5. The Kier molecular flexibility index (Phi) is 6.81. The summed E-state index contributed by atoms with van der Waals surface area (Å²) < 4.78 is 5.08. The van der Waals surface area contributed by atoms with E-state index in [1.54, 1.807) is 6.07 Å². The van der Waals surface area contributed by atoms with Crippen molar-refractivity contribution in [1.82, 2.24) is 0 Å². The van der Waals surface area contributed by atoms with E-state index in [0.29, 0.717) is 18.7 Å². The van der Waals surface area contributed by atoms with Crippen molar-refractivity contribution in [3.63, 3.8) is 0 Å². The molecule has 0 saturated heterocycles. The number of nitrogens with two attached hydrogens (primary N) is 1. The number of ether oxygens (including phenoxy) is 1. The van der Waals surface area contributed by atoms with Crippen LogP contribution in [0.1, 0.15) is 35.2 Å². The molecule has 1 aliphatic carbocycles. The molecule has 0 heterocycles. The van der Waals surface area contributed by atoms with E-state index in [-0.39, 0.29) is 36.6 Å². The molecule has 116 valence electrons. The second kappa shape index (κ2) is 8.12. The van der Waals surface area contributed by atoms with Crippen molar-refractivity contribution >= 4 is 29.8 Å². The van der Waals surface area contributed by atoms with E-state index in [1.165, 1.54) is 7.11 Å². The fourth-order valence-electron chi connectivity index (χ4n) is 2.39. The number of carbonyl (C=O) groups excluding carboxylic acids is 2. The number of ketones is 1. The Labute approximate surface area is 130 Å². The van der Waals surface area contributed by atoms with Crippen LogP contribution in [0.2, 0.25) is 0 Å². The SMILES string of the molecule is COC(CN)CC(=O)Nc1ccc2c(c1)C(=O)CCC2.Cl. The predicted octanol–water partition coefficient (Wildman–Crippen LogP) is 1.93. The Bertz CT molecular complexity index is 516. The summed E-state index contributed by atoms with van der Waals surface area (Å²) in [6.07, 6.45) is 2.34. The van der Waals surface area contributed by atoms with Crippen LogP contribution in [-0.2, 0) is 16.0 Å². The molecule has 1 amide bonds. The van der Waals surface area contributed by atoms with Crippen molar-refractivity contribution < 1.29 is 14.3 Å². The lowest BCUT2D eigenvalue weighted by molar-refractivity contribution is -0.118. The van der Waals surface area contributed by atoms with E-state index in [9.17, 15) is 9.59 Å². The molecule has 0 aromatic heterocycles. The van der Waals surface area contributed by atoms with Crippen LogP contribution in [0.25, 0.3) is 0 Å². The average molecular weight is 313 g/mol. The quantitative estimate of drug-likeness (QED) is 0.870. The Morgan fingerprint density at radius 3 is 2.86 bits per heavy atom. The fraction of sp³-hybridized carbons (Fsp3) is 0.467. The molecule has 0 fully saturated rings. The van der Waals surface area contributed by atoms with Crippen LogP contribution < -0.4 is 11.1 Å². The van der Waals surface area contributed by atoms with Crippen LogP contribution in [0.4, 0.5) is 5.69 Å². The van der Waals surface area contributed by atoms with E-state index >= 15 is 0 Å². The minimum Gasteiger partial charge on any atom is -0.380 e. The van der Waals surface area contributed by atoms with E-state index < -0.39 is 0 Å². The van der Waals surface area contributed by atoms with Gasteiger partial charge in [0, 0.05) is 31.3 Å². The third-order valence-electron chi connectivity index (χ3n) is 3.55. The lowest BCUT2D eigenvalue weighted by Crippen LogP contribution is -2.28. The van der Waals surface area contributed by atoms with Gasteiger partial charge in [-0.15, -0.1) is 12.4 Å².